The summed E-state index contributed by atoms with van der Waals surface area (Å²) in [5, 5.41) is 22.6. The smallest absolute Gasteiger partial charge is 0.254 e. The molecule has 0 unspecified atom stereocenters. The van der Waals surface area contributed by atoms with Gasteiger partial charge in [0.05, 0.1) is 25.2 Å². The summed E-state index contributed by atoms with van der Waals surface area (Å²) in [5.41, 5.74) is 2.37. The molecule has 1 aliphatic rings. The van der Waals surface area contributed by atoms with Crippen LogP contribution in [0.3, 0.4) is 0 Å². The number of hydrogen-bond acceptors (Lipinski definition) is 8. The first-order valence-corrected chi connectivity index (χ1v) is 12.2. The van der Waals surface area contributed by atoms with Gasteiger partial charge in [-0.15, -0.1) is 0 Å². The lowest BCUT2D eigenvalue weighted by Crippen LogP contribution is -2.61. The van der Waals surface area contributed by atoms with Gasteiger partial charge in [-0.2, -0.15) is 5.10 Å². The van der Waals surface area contributed by atoms with E-state index in [0.717, 1.165) is 5.56 Å². The molecular weight excluding hydrogens is 505 g/mol. The van der Waals surface area contributed by atoms with E-state index in [1.165, 1.54) is 6.07 Å². The van der Waals surface area contributed by atoms with E-state index in [1.807, 2.05) is 0 Å². The van der Waals surface area contributed by atoms with E-state index in [4.69, 9.17) is 14.0 Å². The number of benzene rings is 2. The first-order valence-electron chi connectivity index (χ1n) is 12.2. The molecule has 39 heavy (non-hydrogen) atoms. The molecule has 0 spiro atoms. The Morgan fingerprint density at radius 1 is 1.18 bits per heavy atom. The van der Waals surface area contributed by atoms with Crippen LogP contribution in [0.25, 0.3) is 33.6 Å². The van der Waals surface area contributed by atoms with Crippen molar-refractivity contribution in [3.63, 3.8) is 0 Å². The number of aromatic amines is 1. The van der Waals surface area contributed by atoms with Gasteiger partial charge in [-0.05, 0) is 24.3 Å². The molecule has 1 amide bonds. The Balaban J connectivity index is 1.16. The van der Waals surface area contributed by atoms with E-state index < -0.39 is 11.4 Å². The number of nitrogens with one attached hydrogen (secondary N) is 1. The fraction of sp³-hybridized carbons (Fsp3) is 0.214. The highest BCUT2D eigenvalue weighted by atomic mass is 19.1. The fourth-order valence-corrected chi connectivity index (χ4v) is 4.59. The molecule has 11 heteroatoms. The molecule has 0 bridgehead atoms. The van der Waals surface area contributed by atoms with Crippen molar-refractivity contribution in [1.29, 1.82) is 0 Å². The van der Waals surface area contributed by atoms with Crippen LogP contribution in [0.4, 0.5) is 4.39 Å². The van der Waals surface area contributed by atoms with Gasteiger partial charge in [0.1, 0.15) is 23.6 Å². The zero-order valence-electron chi connectivity index (χ0n) is 20.9. The monoisotopic (exact) mass is 529 g/mol. The van der Waals surface area contributed by atoms with E-state index in [1.54, 1.807) is 72.9 Å². The van der Waals surface area contributed by atoms with Gasteiger partial charge < -0.3 is 24.0 Å². The molecule has 4 heterocycles. The second-order valence-electron chi connectivity index (χ2n) is 9.33. The molecule has 6 rings (SSSR count). The molecule has 2 aromatic carbocycles. The van der Waals surface area contributed by atoms with Crippen molar-refractivity contribution in [1.82, 2.24) is 25.2 Å². The number of pyridine rings is 1. The summed E-state index contributed by atoms with van der Waals surface area (Å²) < 4.78 is 30.5. The number of halogens is 1. The summed E-state index contributed by atoms with van der Waals surface area (Å²) in [6, 6.07) is 15.1. The van der Waals surface area contributed by atoms with Gasteiger partial charge in [-0.25, -0.2) is 4.39 Å². The zero-order valence-corrected chi connectivity index (χ0v) is 20.9. The lowest BCUT2D eigenvalue weighted by atomic mass is 9.86. The van der Waals surface area contributed by atoms with Gasteiger partial charge in [-0.3, -0.25) is 14.9 Å². The average Bonchev–Trinajstić information content (AvgIpc) is 3.59. The SMILES string of the molecule is COCCOc1cc2[nH]nc(-c3cc(-c4ccc(C(=O)N5CC(O)(c6cccnc6)C5)cc4)no3)c2cc1F. The Kier molecular flexibility index (Phi) is 6.29. The summed E-state index contributed by atoms with van der Waals surface area (Å²) in [5.74, 6) is -0.240. The molecule has 5 aromatic rings. The molecule has 1 aliphatic heterocycles. The second kappa shape index (κ2) is 9.93. The third-order valence-electron chi connectivity index (χ3n) is 6.72. The molecule has 2 N–H and O–H groups in total. The number of hydrogen-bond donors (Lipinski definition) is 2. The van der Waals surface area contributed by atoms with Crippen LogP contribution in [0.2, 0.25) is 0 Å². The molecule has 198 valence electrons. The number of β-amino-alcohol motifs (C(OH)–C–C–N with tert-alkyl or cyclic N) is 1. The maximum atomic E-state index is 14.6. The summed E-state index contributed by atoms with van der Waals surface area (Å²) in [6.07, 6.45) is 3.25. The lowest BCUT2D eigenvalue weighted by molar-refractivity contribution is -0.0865. The topological polar surface area (TPSA) is 127 Å². The Bertz CT molecular complexity index is 1630. The zero-order chi connectivity index (χ0) is 27.0. The minimum Gasteiger partial charge on any atom is -0.488 e. The predicted molar refractivity (Wildman–Crippen MR) is 138 cm³/mol. The number of aliphatic hydroxyl groups is 1. The highest BCUT2D eigenvalue weighted by Crippen LogP contribution is 2.34. The van der Waals surface area contributed by atoms with Crippen molar-refractivity contribution in [2.45, 2.75) is 5.60 Å². The van der Waals surface area contributed by atoms with Crippen LogP contribution in [-0.4, -0.2) is 69.7 Å². The van der Waals surface area contributed by atoms with Gasteiger partial charge in [-0.1, -0.05) is 23.4 Å². The normalized spacial score (nSPS) is 14.4. The highest BCUT2D eigenvalue weighted by Gasteiger charge is 2.45. The van der Waals surface area contributed by atoms with E-state index in [-0.39, 0.29) is 31.4 Å². The molecule has 0 aliphatic carbocycles. The molecule has 3 aromatic heterocycles. The van der Waals surface area contributed by atoms with Gasteiger partial charge in [0.25, 0.3) is 5.91 Å². The molecule has 1 fully saturated rings. The Morgan fingerprint density at radius 3 is 2.74 bits per heavy atom. The summed E-state index contributed by atoms with van der Waals surface area (Å²) in [7, 11) is 1.54. The maximum Gasteiger partial charge on any atom is 0.254 e. The van der Waals surface area contributed by atoms with Crippen molar-refractivity contribution in [2.75, 3.05) is 33.4 Å². The van der Waals surface area contributed by atoms with Crippen LogP contribution in [0.1, 0.15) is 15.9 Å². The summed E-state index contributed by atoms with van der Waals surface area (Å²) >= 11 is 0. The van der Waals surface area contributed by atoms with E-state index in [2.05, 4.69) is 20.3 Å². The van der Waals surface area contributed by atoms with Gasteiger partial charge in [0.15, 0.2) is 17.3 Å². The fourth-order valence-electron chi connectivity index (χ4n) is 4.59. The number of carbonyl (C=O) groups excluding carboxylic acids is 1. The Morgan fingerprint density at radius 2 is 2.00 bits per heavy atom. The number of H-pyrrole nitrogens is 1. The third-order valence-corrected chi connectivity index (χ3v) is 6.72. The Labute approximate surface area is 222 Å². The van der Waals surface area contributed by atoms with Crippen molar-refractivity contribution in [2.24, 2.45) is 0 Å². The average molecular weight is 530 g/mol. The van der Waals surface area contributed by atoms with Crippen molar-refractivity contribution in [3.05, 3.63) is 83.9 Å². The highest BCUT2D eigenvalue weighted by molar-refractivity contribution is 5.96. The standard InChI is InChI=1S/C28H24FN5O5/c1-37-9-10-38-24-13-23-20(11-21(24)29)26(32-31-23)25-12-22(33-39-25)17-4-6-18(7-5-17)27(35)34-15-28(36,16-34)19-3-2-8-30-14-19/h2-8,11-14,36H,9-10,15-16H2,1H3,(H,31,32). The largest absolute Gasteiger partial charge is 0.488 e. The Hall–Kier alpha value is -4.61. The third kappa shape index (κ3) is 4.62. The quantitative estimate of drug-likeness (QED) is 0.291. The van der Waals surface area contributed by atoms with Crippen molar-refractivity contribution < 1.29 is 28.3 Å². The number of likely N-dealkylation sites (tertiary alicyclic amines) is 1. The lowest BCUT2D eigenvalue weighted by Gasteiger charge is -2.46. The number of methoxy groups -OCH3 is 1. The van der Waals surface area contributed by atoms with Crippen LogP contribution in [-0.2, 0) is 10.3 Å². The van der Waals surface area contributed by atoms with E-state index >= 15 is 0 Å². The first-order chi connectivity index (χ1) is 18.9. The van der Waals surface area contributed by atoms with Crippen LogP contribution >= 0.6 is 0 Å². The van der Waals surface area contributed by atoms with E-state index in [0.29, 0.717) is 45.8 Å². The van der Waals surface area contributed by atoms with Crippen LogP contribution in [0.15, 0.2) is 71.5 Å². The van der Waals surface area contributed by atoms with E-state index in [9.17, 15) is 14.3 Å². The minimum absolute atomic E-state index is 0.0997. The maximum absolute atomic E-state index is 14.6. The number of nitrogens with zero attached hydrogens (tertiary/aromatic N) is 4. The number of aromatic nitrogens is 4. The molecular formula is C28H24FN5O5. The number of rotatable bonds is 8. The second-order valence-corrected chi connectivity index (χ2v) is 9.33. The molecule has 10 nitrogen and oxygen atoms in total. The van der Waals surface area contributed by atoms with Crippen LogP contribution in [0.5, 0.6) is 5.75 Å². The summed E-state index contributed by atoms with van der Waals surface area (Å²) in [4.78, 5) is 18.5. The number of fused-ring (bicyclic) bond motifs is 1. The first kappa shape index (κ1) is 24.7. The summed E-state index contributed by atoms with van der Waals surface area (Å²) in [6.45, 7) is 0.965. The molecule has 1 saturated heterocycles. The minimum atomic E-state index is -1.08. The van der Waals surface area contributed by atoms with Gasteiger partial charge >= 0.3 is 0 Å². The molecule has 0 radical (unpaired) electrons. The number of carbonyl (C=O) groups is 1. The molecule has 0 atom stereocenters. The number of amides is 1. The number of ether oxygens (including phenoxy) is 2. The van der Waals surface area contributed by atoms with Gasteiger partial charge in [0.2, 0.25) is 0 Å². The van der Waals surface area contributed by atoms with Crippen molar-refractivity contribution in [3.8, 4) is 28.5 Å². The van der Waals surface area contributed by atoms with Gasteiger partial charge in [0, 0.05) is 53.7 Å². The molecule has 0 saturated carbocycles. The van der Waals surface area contributed by atoms with Crippen molar-refractivity contribution >= 4 is 16.8 Å². The van der Waals surface area contributed by atoms with Crippen LogP contribution < -0.4 is 4.74 Å². The predicted octanol–water partition coefficient (Wildman–Crippen LogP) is 3.79. The van der Waals surface area contributed by atoms with Crippen LogP contribution in [0, 0.1) is 5.82 Å².